The quantitative estimate of drug-likeness (QED) is 0.644. The molecule has 1 aromatic heterocycles. The molecule has 0 N–H and O–H groups in total. The molecule has 0 fully saturated rings. The average molecular weight is 170 g/mol. The van der Waals surface area contributed by atoms with E-state index in [4.69, 9.17) is 5.26 Å². The van der Waals surface area contributed by atoms with Crippen LogP contribution in [0.4, 0.5) is 0 Å². The zero-order valence-corrected chi connectivity index (χ0v) is 6.75. The average Bonchev–Trinajstić information content (AvgIpc) is 2.70. The topological polar surface area (TPSA) is 54.5 Å². The summed E-state index contributed by atoms with van der Waals surface area (Å²) in [6.07, 6.45) is 3.00. The van der Waals surface area contributed by atoms with Crippen LogP contribution in [0.1, 0.15) is 5.56 Å². The molecule has 0 bridgehead atoms. The van der Waals surface area contributed by atoms with Crippen LogP contribution in [-0.2, 0) is 0 Å². The van der Waals surface area contributed by atoms with Gasteiger partial charge in [0.2, 0.25) is 0 Å². The number of benzene rings is 1. The van der Waals surface area contributed by atoms with Crippen molar-refractivity contribution in [2.45, 2.75) is 0 Å². The molecule has 2 aromatic rings. The lowest BCUT2D eigenvalue weighted by molar-refractivity contribution is 0.876. The minimum atomic E-state index is 0.591. The van der Waals surface area contributed by atoms with E-state index in [2.05, 4.69) is 16.2 Å². The smallest absolute Gasteiger partial charge is 0.138 e. The van der Waals surface area contributed by atoms with E-state index in [1.54, 1.807) is 17.1 Å². The Hall–Kier alpha value is -2.15. The zero-order valence-electron chi connectivity index (χ0n) is 6.75. The van der Waals surface area contributed by atoms with Crippen molar-refractivity contribution in [2.24, 2.45) is 0 Å². The maximum atomic E-state index is 8.81. The lowest BCUT2D eigenvalue weighted by atomic mass is 10.2. The van der Waals surface area contributed by atoms with E-state index in [1.165, 1.54) is 6.33 Å². The van der Waals surface area contributed by atoms with Crippen molar-refractivity contribution in [3.63, 3.8) is 0 Å². The van der Waals surface area contributed by atoms with Crippen LogP contribution >= 0.6 is 0 Å². The summed E-state index contributed by atoms with van der Waals surface area (Å²) in [6.45, 7) is 0. The fourth-order valence-corrected chi connectivity index (χ4v) is 1.10. The largest absolute Gasteiger partial charge is 0.223 e. The molecule has 2 rings (SSSR count). The predicted molar refractivity (Wildman–Crippen MR) is 46.1 cm³/mol. The van der Waals surface area contributed by atoms with E-state index < -0.39 is 0 Å². The highest BCUT2D eigenvalue weighted by molar-refractivity contribution is 5.47. The Morgan fingerprint density at radius 1 is 1.31 bits per heavy atom. The maximum Gasteiger partial charge on any atom is 0.138 e. The van der Waals surface area contributed by atoms with Gasteiger partial charge in [-0.1, -0.05) is 12.1 Å². The van der Waals surface area contributed by atoms with Crippen LogP contribution in [-0.4, -0.2) is 14.8 Å². The van der Waals surface area contributed by atoms with Gasteiger partial charge in [-0.25, -0.2) is 9.67 Å². The van der Waals surface area contributed by atoms with E-state index in [1.807, 2.05) is 18.2 Å². The molecule has 13 heavy (non-hydrogen) atoms. The predicted octanol–water partition coefficient (Wildman–Crippen LogP) is 1.14. The van der Waals surface area contributed by atoms with Gasteiger partial charge in [0, 0.05) is 0 Å². The molecule has 0 spiro atoms. The second-order valence-corrected chi connectivity index (χ2v) is 2.47. The monoisotopic (exact) mass is 170 g/mol. The van der Waals surface area contributed by atoms with Gasteiger partial charge in [0.05, 0.1) is 11.3 Å². The first-order valence-corrected chi connectivity index (χ1v) is 3.76. The molecular formula is C9H6N4. The Balaban J connectivity index is 2.59. The van der Waals surface area contributed by atoms with Gasteiger partial charge in [0.1, 0.15) is 18.7 Å². The van der Waals surface area contributed by atoms with Crippen LogP contribution in [0.5, 0.6) is 0 Å². The van der Waals surface area contributed by atoms with Gasteiger partial charge >= 0.3 is 0 Å². The Bertz CT molecular complexity index is 439. The third-order valence-electron chi connectivity index (χ3n) is 1.69. The molecule has 0 aliphatic carbocycles. The highest BCUT2D eigenvalue weighted by Gasteiger charge is 2.01. The van der Waals surface area contributed by atoms with Crippen molar-refractivity contribution in [1.29, 1.82) is 5.26 Å². The van der Waals surface area contributed by atoms with Crippen molar-refractivity contribution in [3.05, 3.63) is 42.5 Å². The summed E-state index contributed by atoms with van der Waals surface area (Å²) in [5.74, 6) is 0. The summed E-state index contributed by atoms with van der Waals surface area (Å²) < 4.78 is 1.57. The first-order valence-electron chi connectivity index (χ1n) is 3.76. The van der Waals surface area contributed by atoms with Crippen LogP contribution in [0.3, 0.4) is 0 Å². The molecule has 0 aliphatic rings. The van der Waals surface area contributed by atoms with E-state index in [0.29, 0.717) is 5.56 Å². The minimum absolute atomic E-state index is 0.591. The fourth-order valence-electron chi connectivity index (χ4n) is 1.10. The third-order valence-corrected chi connectivity index (χ3v) is 1.69. The van der Waals surface area contributed by atoms with Crippen molar-refractivity contribution in [3.8, 4) is 11.8 Å². The van der Waals surface area contributed by atoms with Gasteiger partial charge in [0.25, 0.3) is 0 Å². The number of aromatic nitrogens is 3. The number of nitrogens with zero attached hydrogens (tertiary/aromatic N) is 4. The molecule has 0 atom stereocenters. The van der Waals surface area contributed by atoms with Crippen LogP contribution in [0.15, 0.2) is 36.9 Å². The standard InChI is InChI=1S/C9H6N4/c10-5-8-3-1-2-4-9(8)13-7-11-6-12-13/h1-4,6-7H. The zero-order chi connectivity index (χ0) is 9.10. The first-order chi connectivity index (χ1) is 6.42. The van der Waals surface area contributed by atoms with Crippen molar-refractivity contribution >= 4 is 0 Å². The summed E-state index contributed by atoms with van der Waals surface area (Å²) in [4.78, 5) is 3.82. The molecule has 0 aliphatic heterocycles. The van der Waals surface area contributed by atoms with Crippen LogP contribution in [0, 0.1) is 11.3 Å². The normalized spacial score (nSPS) is 9.46. The number of rotatable bonds is 1. The summed E-state index contributed by atoms with van der Waals surface area (Å²) in [5, 5.41) is 12.8. The van der Waals surface area contributed by atoms with Gasteiger partial charge < -0.3 is 0 Å². The summed E-state index contributed by atoms with van der Waals surface area (Å²) in [5.41, 5.74) is 1.34. The second-order valence-electron chi connectivity index (χ2n) is 2.47. The van der Waals surface area contributed by atoms with E-state index in [0.717, 1.165) is 5.69 Å². The Morgan fingerprint density at radius 2 is 2.15 bits per heavy atom. The maximum absolute atomic E-state index is 8.81. The lowest BCUT2D eigenvalue weighted by Gasteiger charge is -2.00. The van der Waals surface area contributed by atoms with Crippen LogP contribution in [0.2, 0.25) is 0 Å². The Kier molecular flexibility index (Phi) is 1.77. The van der Waals surface area contributed by atoms with Gasteiger partial charge in [-0.05, 0) is 12.1 Å². The molecule has 0 saturated heterocycles. The number of para-hydroxylation sites is 1. The molecule has 4 nitrogen and oxygen atoms in total. The molecule has 0 saturated carbocycles. The van der Waals surface area contributed by atoms with E-state index in [-0.39, 0.29) is 0 Å². The van der Waals surface area contributed by atoms with Gasteiger partial charge in [-0.3, -0.25) is 0 Å². The van der Waals surface area contributed by atoms with Crippen LogP contribution in [0.25, 0.3) is 5.69 Å². The molecule has 0 unspecified atom stereocenters. The van der Waals surface area contributed by atoms with Gasteiger partial charge in [0.15, 0.2) is 0 Å². The van der Waals surface area contributed by atoms with Gasteiger partial charge in [-0.2, -0.15) is 10.4 Å². The van der Waals surface area contributed by atoms with E-state index >= 15 is 0 Å². The lowest BCUT2D eigenvalue weighted by Crippen LogP contribution is -1.96. The Morgan fingerprint density at radius 3 is 2.85 bits per heavy atom. The van der Waals surface area contributed by atoms with Crippen molar-refractivity contribution in [1.82, 2.24) is 14.8 Å². The third kappa shape index (κ3) is 1.27. The highest BCUT2D eigenvalue weighted by Crippen LogP contribution is 2.10. The molecule has 1 heterocycles. The molecule has 0 radical (unpaired) electrons. The van der Waals surface area contributed by atoms with Crippen LogP contribution < -0.4 is 0 Å². The molecule has 0 amide bonds. The second kappa shape index (κ2) is 3.07. The van der Waals surface area contributed by atoms with E-state index in [9.17, 15) is 0 Å². The Labute approximate surface area is 75.1 Å². The minimum Gasteiger partial charge on any atom is -0.223 e. The molecular weight excluding hydrogens is 164 g/mol. The number of hydrogen-bond acceptors (Lipinski definition) is 3. The van der Waals surface area contributed by atoms with Gasteiger partial charge in [-0.15, -0.1) is 0 Å². The summed E-state index contributed by atoms with van der Waals surface area (Å²) >= 11 is 0. The summed E-state index contributed by atoms with van der Waals surface area (Å²) in [6, 6.07) is 9.35. The molecule has 62 valence electrons. The van der Waals surface area contributed by atoms with Crippen molar-refractivity contribution in [2.75, 3.05) is 0 Å². The van der Waals surface area contributed by atoms with Crippen molar-refractivity contribution < 1.29 is 0 Å². The highest BCUT2D eigenvalue weighted by atomic mass is 15.3. The fraction of sp³-hybridized carbons (Fsp3) is 0. The molecule has 1 aromatic carbocycles. The SMILES string of the molecule is N#Cc1ccccc1-n1cncn1. The molecule has 4 heteroatoms. The first kappa shape index (κ1) is 7.50. The number of nitriles is 1. The number of hydrogen-bond donors (Lipinski definition) is 0. The summed E-state index contributed by atoms with van der Waals surface area (Å²) in [7, 11) is 0.